The highest BCUT2D eigenvalue weighted by molar-refractivity contribution is 7.99. The lowest BCUT2D eigenvalue weighted by Crippen LogP contribution is -2.24. The molecule has 3 aromatic carbocycles. The van der Waals surface area contributed by atoms with E-state index < -0.39 is 0 Å². The van der Waals surface area contributed by atoms with Crippen molar-refractivity contribution in [3.8, 4) is 5.75 Å². The highest BCUT2D eigenvalue weighted by atomic mass is 32.2. The normalized spacial score (nSPS) is 10.8. The van der Waals surface area contributed by atoms with E-state index >= 15 is 0 Å². The predicted octanol–water partition coefficient (Wildman–Crippen LogP) is 4.78. The number of thioether (sulfide) groups is 1. The van der Waals surface area contributed by atoms with Crippen LogP contribution in [0.5, 0.6) is 5.75 Å². The molecule has 0 aliphatic rings. The summed E-state index contributed by atoms with van der Waals surface area (Å²) >= 11 is 1.35. The molecule has 0 aliphatic heterocycles. The fourth-order valence-electron chi connectivity index (χ4n) is 3.21. The molecule has 1 N–H and O–H groups in total. The van der Waals surface area contributed by atoms with E-state index in [0.717, 1.165) is 33.6 Å². The van der Waals surface area contributed by atoms with E-state index in [9.17, 15) is 9.18 Å². The van der Waals surface area contributed by atoms with Gasteiger partial charge in [-0.2, -0.15) is 0 Å². The number of amides is 1. The van der Waals surface area contributed by atoms with Gasteiger partial charge in [-0.3, -0.25) is 4.79 Å². The number of nitrogens with one attached hydrogen (secondary N) is 1. The molecule has 162 valence electrons. The molecular formula is C25H22FN3O2S. The number of hydrogen-bond donors (Lipinski definition) is 1. The molecule has 0 saturated heterocycles. The smallest absolute Gasteiger partial charge is 0.230 e. The largest absolute Gasteiger partial charge is 0.497 e. The first-order chi connectivity index (χ1) is 15.6. The first kappa shape index (κ1) is 21.8. The minimum absolute atomic E-state index is 0.0967. The lowest BCUT2D eigenvalue weighted by molar-refractivity contribution is -0.118. The quantitative estimate of drug-likeness (QED) is 0.394. The molecule has 0 fully saturated rings. The van der Waals surface area contributed by atoms with E-state index in [-0.39, 0.29) is 17.5 Å². The molecule has 0 saturated carbocycles. The van der Waals surface area contributed by atoms with E-state index in [2.05, 4.69) is 5.32 Å². The van der Waals surface area contributed by atoms with Crippen molar-refractivity contribution in [3.63, 3.8) is 0 Å². The Hall–Kier alpha value is -3.45. The van der Waals surface area contributed by atoms with Crippen LogP contribution in [-0.2, 0) is 17.8 Å². The maximum atomic E-state index is 13.3. The Morgan fingerprint density at radius 3 is 2.47 bits per heavy atom. The number of ether oxygens (including phenoxy) is 1. The Kier molecular flexibility index (Phi) is 6.97. The topological polar surface area (TPSA) is 64.1 Å². The van der Waals surface area contributed by atoms with Crippen LogP contribution in [-0.4, -0.2) is 28.7 Å². The summed E-state index contributed by atoms with van der Waals surface area (Å²) in [6.45, 7) is 0.419. The van der Waals surface area contributed by atoms with Crippen LogP contribution in [0.1, 0.15) is 16.8 Å². The van der Waals surface area contributed by atoms with Gasteiger partial charge < -0.3 is 10.1 Å². The lowest BCUT2D eigenvalue weighted by atomic mass is 10.1. The maximum absolute atomic E-state index is 13.3. The SMILES string of the molecule is COc1cccc(CNC(=O)CSc2nc3ccccc3nc2Cc2ccc(F)cc2)c1. The van der Waals surface area contributed by atoms with Crippen LogP contribution >= 0.6 is 11.8 Å². The molecule has 0 bridgehead atoms. The molecule has 7 heteroatoms. The summed E-state index contributed by atoms with van der Waals surface area (Å²) in [5.74, 6) is 0.595. The third-order valence-corrected chi connectivity index (χ3v) is 5.86. The van der Waals surface area contributed by atoms with Gasteiger partial charge >= 0.3 is 0 Å². The molecule has 32 heavy (non-hydrogen) atoms. The number of carbonyl (C=O) groups excluding carboxylic acids is 1. The van der Waals surface area contributed by atoms with Crippen LogP contribution in [0.15, 0.2) is 77.8 Å². The summed E-state index contributed by atoms with van der Waals surface area (Å²) in [5.41, 5.74) is 4.22. The summed E-state index contributed by atoms with van der Waals surface area (Å²) in [5, 5.41) is 3.63. The van der Waals surface area contributed by atoms with Crippen molar-refractivity contribution in [1.29, 1.82) is 0 Å². The number of fused-ring (bicyclic) bond motifs is 1. The number of para-hydroxylation sites is 2. The zero-order valence-electron chi connectivity index (χ0n) is 17.5. The van der Waals surface area contributed by atoms with Crippen LogP contribution in [0.4, 0.5) is 4.39 Å². The highest BCUT2D eigenvalue weighted by Crippen LogP contribution is 2.25. The van der Waals surface area contributed by atoms with Crippen molar-refractivity contribution in [2.24, 2.45) is 0 Å². The molecule has 5 nitrogen and oxygen atoms in total. The first-order valence-electron chi connectivity index (χ1n) is 10.1. The summed E-state index contributed by atoms with van der Waals surface area (Å²) in [6.07, 6.45) is 0.506. The van der Waals surface area contributed by atoms with E-state index in [1.807, 2.05) is 48.5 Å². The van der Waals surface area contributed by atoms with Gasteiger partial charge in [-0.25, -0.2) is 14.4 Å². The van der Waals surface area contributed by atoms with Gasteiger partial charge in [-0.15, -0.1) is 0 Å². The Morgan fingerprint density at radius 1 is 0.969 bits per heavy atom. The van der Waals surface area contributed by atoms with Gasteiger partial charge in [0.1, 0.15) is 16.6 Å². The summed E-state index contributed by atoms with van der Waals surface area (Å²) < 4.78 is 18.5. The van der Waals surface area contributed by atoms with E-state index in [1.54, 1.807) is 19.2 Å². The van der Waals surface area contributed by atoms with Gasteiger partial charge in [0.05, 0.1) is 29.6 Å². The van der Waals surface area contributed by atoms with Crippen LogP contribution in [0.3, 0.4) is 0 Å². The van der Waals surface area contributed by atoms with E-state index in [4.69, 9.17) is 14.7 Å². The average molecular weight is 448 g/mol. The molecule has 0 unspecified atom stereocenters. The number of aromatic nitrogens is 2. The molecule has 0 radical (unpaired) electrons. The maximum Gasteiger partial charge on any atom is 0.230 e. The third kappa shape index (κ3) is 5.62. The van der Waals surface area contributed by atoms with Crippen molar-refractivity contribution in [3.05, 3.63) is 95.4 Å². The number of hydrogen-bond acceptors (Lipinski definition) is 5. The highest BCUT2D eigenvalue weighted by Gasteiger charge is 2.13. The number of nitrogens with zero attached hydrogens (tertiary/aromatic N) is 2. The predicted molar refractivity (Wildman–Crippen MR) is 124 cm³/mol. The van der Waals surface area contributed by atoms with Crippen LogP contribution in [0.2, 0.25) is 0 Å². The second-order valence-corrected chi connectivity index (χ2v) is 8.15. The van der Waals surface area contributed by atoms with Crippen molar-refractivity contribution in [2.45, 2.75) is 18.0 Å². The molecule has 0 spiro atoms. The molecule has 4 rings (SSSR count). The number of methoxy groups -OCH3 is 1. The Balaban J connectivity index is 1.46. The standard InChI is InChI=1S/C25H22FN3O2S/c1-31-20-6-4-5-18(13-20)15-27-24(30)16-32-25-23(14-17-9-11-19(26)12-10-17)28-21-7-2-3-8-22(21)29-25/h2-13H,14-16H2,1H3,(H,27,30). The molecule has 1 heterocycles. The van der Waals surface area contributed by atoms with Crippen molar-refractivity contribution >= 4 is 28.7 Å². The molecule has 1 aromatic heterocycles. The zero-order chi connectivity index (χ0) is 22.3. The molecule has 1 amide bonds. The fourth-order valence-corrected chi connectivity index (χ4v) is 4.03. The number of carbonyl (C=O) groups is 1. The summed E-state index contributed by atoms with van der Waals surface area (Å²) in [7, 11) is 1.61. The second-order valence-electron chi connectivity index (χ2n) is 7.18. The van der Waals surface area contributed by atoms with E-state index in [1.165, 1.54) is 23.9 Å². The van der Waals surface area contributed by atoms with Gasteiger partial charge in [0.15, 0.2) is 0 Å². The van der Waals surface area contributed by atoms with Gasteiger partial charge in [-0.05, 0) is 47.5 Å². The van der Waals surface area contributed by atoms with Crippen molar-refractivity contribution in [2.75, 3.05) is 12.9 Å². The van der Waals surface area contributed by atoms with Crippen molar-refractivity contribution < 1.29 is 13.9 Å². The van der Waals surface area contributed by atoms with Crippen LogP contribution in [0.25, 0.3) is 11.0 Å². The van der Waals surface area contributed by atoms with Crippen LogP contribution < -0.4 is 10.1 Å². The number of halogens is 1. The number of rotatable bonds is 8. The van der Waals surface area contributed by atoms with Gasteiger partial charge in [0.25, 0.3) is 0 Å². The second kappa shape index (κ2) is 10.2. The van der Waals surface area contributed by atoms with E-state index in [0.29, 0.717) is 18.0 Å². The fraction of sp³-hybridized carbons (Fsp3) is 0.160. The summed E-state index contributed by atoms with van der Waals surface area (Å²) in [6, 6.07) is 21.6. The van der Waals surface area contributed by atoms with Crippen LogP contribution in [0, 0.1) is 5.82 Å². The third-order valence-electron chi connectivity index (χ3n) is 4.85. The van der Waals surface area contributed by atoms with Gasteiger partial charge in [0, 0.05) is 13.0 Å². The average Bonchev–Trinajstić information content (AvgIpc) is 2.83. The monoisotopic (exact) mass is 447 g/mol. The Labute approximate surface area is 190 Å². The lowest BCUT2D eigenvalue weighted by Gasteiger charge is -2.10. The minimum atomic E-state index is -0.277. The first-order valence-corrected chi connectivity index (χ1v) is 11.1. The Bertz CT molecular complexity index is 1230. The van der Waals surface area contributed by atoms with Gasteiger partial charge in [-0.1, -0.05) is 48.2 Å². The zero-order valence-corrected chi connectivity index (χ0v) is 18.4. The molecule has 4 aromatic rings. The van der Waals surface area contributed by atoms with Gasteiger partial charge in [0.2, 0.25) is 5.91 Å². The molecule has 0 aliphatic carbocycles. The Morgan fingerprint density at radius 2 is 1.72 bits per heavy atom. The van der Waals surface area contributed by atoms with Crippen molar-refractivity contribution in [1.82, 2.24) is 15.3 Å². The number of benzene rings is 3. The molecular weight excluding hydrogens is 425 g/mol. The minimum Gasteiger partial charge on any atom is -0.497 e. The summed E-state index contributed by atoms with van der Waals surface area (Å²) in [4.78, 5) is 22.0. The molecule has 0 atom stereocenters.